The summed E-state index contributed by atoms with van der Waals surface area (Å²) in [6, 6.07) is 7.95. The summed E-state index contributed by atoms with van der Waals surface area (Å²) in [6.45, 7) is 0.514. The van der Waals surface area contributed by atoms with E-state index in [-0.39, 0.29) is 24.5 Å². The molecule has 11 heteroatoms. The lowest BCUT2D eigenvalue weighted by Crippen LogP contribution is -2.58. The number of alkyl halides is 7. The number of halogens is 7. The van der Waals surface area contributed by atoms with Crippen molar-refractivity contribution in [3.05, 3.63) is 82.7 Å². The number of allylic oxidation sites excluding steroid dienone is 1. The Hall–Kier alpha value is -3.14. The van der Waals surface area contributed by atoms with Gasteiger partial charge in [0.05, 0.1) is 23.0 Å². The number of carbonyl (C=O) groups excluding carboxylic acids is 1. The first-order valence-electron chi connectivity index (χ1n) is 11.6. The van der Waals surface area contributed by atoms with Crippen LogP contribution >= 0.6 is 11.6 Å². The smallest absolute Gasteiger partial charge is 0.367 e. The maximum Gasteiger partial charge on any atom is 0.416 e. The molecule has 2 aliphatic heterocycles. The lowest BCUT2D eigenvalue weighted by atomic mass is 9.97. The predicted molar refractivity (Wildman–Crippen MR) is 127 cm³/mol. The summed E-state index contributed by atoms with van der Waals surface area (Å²) >= 11 is 6.10. The molecule has 2 aliphatic rings. The fourth-order valence-corrected chi connectivity index (χ4v) is 5.51. The molecule has 2 aromatic carbocycles. The third-order valence-corrected chi connectivity index (χ3v) is 7.33. The van der Waals surface area contributed by atoms with E-state index in [1.165, 1.54) is 4.90 Å². The number of aromatic nitrogens is 1. The van der Waals surface area contributed by atoms with E-state index in [0.717, 1.165) is 22.2 Å². The van der Waals surface area contributed by atoms with Crippen LogP contribution in [0.15, 0.2) is 60.4 Å². The van der Waals surface area contributed by atoms with Gasteiger partial charge in [-0.05, 0) is 42.7 Å². The molecule has 0 radical (unpaired) electrons. The van der Waals surface area contributed by atoms with Crippen molar-refractivity contribution in [1.29, 1.82) is 0 Å². The molecular formula is C26H22ClF6N3O. The van der Waals surface area contributed by atoms with Crippen LogP contribution in [0, 0.1) is 0 Å². The number of carbonyl (C=O) groups is 1. The minimum Gasteiger partial charge on any atom is -0.367 e. The summed E-state index contributed by atoms with van der Waals surface area (Å²) in [5.74, 6) is -0.590. The van der Waals surface area contributed by atoms with Gasteiger partial charge in [0.1, 0.15) is 0 Å². The number of H-pyrrole nitrogens is 1. The number of hydrogen-bond acceptors (Lipinski definition) is 2. The number of hydrogen-bond donors (Lipinski definition) is 1. The largest absolute Gasteiger partial charge is 0.416 e. The number of rotatable bonds is 4. The highest BCUT2D eigenvalue weighted by Crippen LogP contribution is 2.38. The van der Waals surface area contributed by atoms with E-state index in [1.54, 1.807) is 0 Å². The Morgan fingerprint density at radius 3 is 2.32 bits per heavy atom. The standard InChI is InChI=1S/C26H22ClF6N3O/c27-11-19-5-6-20-13-36(21(14-35(19)20)9-16-12-34-23-4-2-1-3-22(16)23)24(37)15-7-17(25(28,29)30)10-18(8-15)26(31,32)33/h1-5,7-8,10,12,20-21,34H,6,9,11,13-14H2/t20-,21-/m1/s1. The van der Waals surface area contributed by atoms with Crippen LogP contribution in [0.1, 0.15) is 33.5 Å². The van der Waals surface area contributed by atoms with Crippen molar-refractivity contribution in [2.24, 2.45) is 0 Å². The molecule has 0 unspecified atom stereocenters. The SMILES string of the molecule is O=C(c1cc(C(F)(F)F)cc(C(F)(F)F)c1)N1C[C@H]2CC=C(CCl)N2C[C@H]1Cc1c[nH]c2ccccc12. The summed E-state index contributed by atoms with van der Waals surface area (Å²) in [5, 5.41) is 0.935. The zero-order valence-electron chi connectivity index (χ0n) is 19.3. The number of aromatic amines is 1. The van der Waals surface area contributed by atoms with Gasteiger partial charge in [0, 0.05) is 47.5 Å². The molecule has 1 N–H and O–H groups in total. The van der Waals surface area contributed by atoms with Crippen molar-refractivity contribution in [2.75, 3.05) is 19.0 Å². The van der Waals surface area contributed by atoms with Gasteiger partial charge in [0.25, 0.3) is 5.91 Å². The second-order valence-electron chi connectivity index (χ2n) is 9.34. The van der Waals surface area contributed by atoms with Gasteiger partial charge in [-0.2, -0.15) is 26.3 Å². The van der Waals surface area contributed by atoms with Gasteiger partial charge in [-0.3, -0.25) is 4.79 Å². The highest BCUT2D eigenvalue weighted by atomic mass is 35.5. The van der Waals surface area contributed by atoms with Gasteiger partial charge in [-0.25, -0.2) is 0 Å². The molecule has 0 bridgehead atoms. The maximum atomic E-state index is 13.6. The Labute approximate surface area is 213 Å². The summed E-state index contributed by atoms with van der Waals surface area (Å²) in [5.41, 5.74) is -0.968. The van der Waals surface area contributed by atoms with Crippen molar-refractivity contribution in [2.45, 2.75) is 37.3 Å². The predicted octanol–water partition coefficient (Wildman–Crippen LogP) is 6.47. The van der Waals surface area contributed by atoms with Crippen LogP contribution in [0.2, 0.25) is 0 Å². The third kappa shape index (κ3) is 4.91. The highest BCUT2D eigenvalue weighted by Gasteiger charge is 2.42. The van der Waals surface area contributed by atoms with E-state index >= 15 is 0 Å². The number of piperazine rings is 1. The minimum atomic E-state index is -5.04. The molecule has 196 valence electrons. The summed E-state index contributed by atoms with van der Waals surface area (Å²) in [4.78, 5) is 20.3. The van der Waals surface area contributed by atoms with Crippen LogP contribution in [0.5, 0.6) is 0 Å². The maximum absolute atomic E-state index is 13.6. The Morgan fingerprint density at radius 1 is 1.00 bits per heavy atom. The van der Waals surface area contributed by atoms with Crippen LogP contribution in [0.4, 0.5) is 26.3 Å². The molecule has 4 nitrogen and oxygen atoms in total. The molecule has 37 heavy (non-hydrogen) atoms. The average Bonchev–Trinajstić information content (AvgIpc) is 3.45. The summed E-state index contributed by atoms with van der Waals surface area (Å²) in [6.07, 6.45) is -5.36. The zero-order valence-corrected chi connectivity index (χ0v) is 20.1. The van der Waals surface area contributed by atoms with Gasteiger partial charge in [0.2, 0.25) is 0 Å². The molecule has 1 aromatic heterocycles. The van der Waals surface area contributed by atoms with E-state index in [9.17, 15) is 31.1 Å². The number of amides is 1. The van der Waals surface area contributed by atoms with Gasteiger partial charge in [0.15, 0.2) is 0 Å². The van der Waals surface area contributed by atoms with Crippen LogP contribution in [0.3, 0.4) is 0 Å². The topological polar surface area (TPSA) is 39.3 Å². The lowest BCUT2D eigenvalue weighted by Gasteiger charge is -2.46. The fourth-order valence-electron chi connectivity index (χ4n) is 5.25. The van der Waals surface area contributed by atoms with E-state index in [2.05, 4.69) is 9.88 Å². The van der Waals surface area contributed by atoms with Gasteiger partial charge >= 0.3 is 12.4 Å². The molecule has 1 amide bonds. The van der Waals surface area contributed by atoms with Crippen molar-refractivity contribution < 1.29 is 31.1 Å². The quantitative estimate of drug-likeness (QED) is 0.304. The molecule has 1 fully saturated rings. The van der Waals surface area contributed by atoms with Crippen LogP contribution < -0.4 is 0 Å². The van der Waals surface area contributed by atoms with Gasteiger partial charge in [-0.1, -0.05) is 24.3 Å². The molecule has 0 spiro atoms. The minimum absolute atomic E-state index is 0.0335. The van der Waals surface area contributed by atoms with Crippen LogP contribution in [0.25, 0.3) is 10.9 Å². The molecule has 2 atom stereocenters. The summed E-state index contributed by atoms with van der Waals surface area (Å²) in [7, 11) is 0. The van der Waals surface area contributed by atoms with Crippen LogP contribution in [-0.4, -0.2) is 51.7 Å². The molecule has 3 aromatic rings. The molecule has 0 aliphatic carbocycles. The molecule has 1 saturated heterocycles. The number of nitrogens with one attached hydrogen (secondary N) is 1. The Kier molecular flexibility index (Phi) is 6.42. The first-order chi connectivity index (χ1) is 17.5. The van der Waals surface area contributed by atoms with Crippen molar-refractivity contribution in [1.82, 2.24) is 14.8 Å². The average molecular weight is 542 g/mol. The number of fused-ring (bicyclic) bond motifs is 2. The first kappa shape index (κ1) is 25.5. The zero-order chi connectivity index (χ0) is 26.5. The van der Waals surface area contributed by atoms with Crippen molar-refractivity contribution in [3.8, 4) is 0 Å². The van der Waals surface area contributed by atoms with Crippen LogP contribution in [-0.2, 0) is 18.8 Å². The Balaban J connectivity index is 1.53. The van der Waals surface area contributed by atoms with Gasteiger partial charge in [-0.15, -0.1) is 11.6 Å². The second-order valence-corrected chi connectivity index (χ2v) is 9.61. The number of benzene rings is 2. The fraction of sp³-hybridized carbons (Fsp3) is 0.346. The summed E-state index contributed by atoms with van der Waals surface area (Å²) < 4.78 is 80.7. The molecule has 0 saturated carbocycles. The van der Waals surface area contributed by atoms with E-state index in [1.807, 2.05) is 36.5 Å². The molecule has 5 rings (SSSR count). The molecular weight excluding hydrogens is 520 g/mol. The Morgan fingerprint density at radius 2 is 1.68 bits per heavy atom. The van der Waals surface area contributed by atoms with E-state index in [4.69, 9.17) is 11.6 Å². The monoisotopic (exact) mass is 541 g/mol. The number of nitrogens with zero attached hydrogens (tertiary/aromatic N) is 2. The third-order valence-electron chi connectivity index (χ3n) is 7.05. The normalized spacial score (nSPS) is 20.4. The molecule has 3 heterocycles. The lowest BCUT2D eigenvalue weighted by molar-refractivity contribution is -0.143. The first-order valence-corrected chi connectivity index (χ1v) is 12.2. The van der Waals surface area contributed by atoms with Gasteiger partial charge < -0.3 is 14.8 Å². The Bertz CT molecular complexity index is 1330. The van der Waals surface area contributed by atoms with E-state index in [0.29, 0.717) is 31.5 Å². The van der Waals surface area contributed by atoms with Crippen molar-refractivity contribution >= 4 is 28.4 Å². The van der Waals surface area contributed by atoms with E-state index < -0.39 is 41.0 Å². The highest BCUT2D eigenvalue weighted by molar-refractivity contribution is 6.19. The number of para-hydroxylation sites is 1. The van der Waals surface area contributed by atoms with Crippen molar-refractivity contribution in [3.63, 3.8) is 0 Å². The second kappa shape index (κ2) is 9.31.